The Kier molecular flexibility index (Phi) is 7.27. The van der Waals surface area contributed by atoms with Crippen molar-refractivity contribution in [2.24, 2.45) is 0 Å². The number of carbonyl (C=O) groups is 1. The van der Waals surface area contributed by atoms with Crippen LogP contribution in [0.2, 0.25) is 5.02 Å². The molecule has 0 saturated heterocycles. The number of aromatic nitrogens is 3. The second-order valence-electron chi connectivity index (χ2n) is 7.19. The highest BCUT2D eigenvalue weighted by Crippen LogP contribution is 2.33. The van der Waals surface area contributed by atoms with E-state index in [-0.39, 0.29) is 5.91 Å². The zero-order chi connectivity index (χ0) is 21.6. The molecule has 160 valence electrons. The van der Waals surface area contributed by atoms with Crippen molar-refractivity contribution < 1.29 is 4.79 Å². The lowest BCUT2D eigenvalue weighted by Gasteiger charge is -2.20. The highest BCUT2D eigenvalue weighted by atomic mass is 35.5. The molecule has 2 heterocycles. The molecule has 4 aromatic rings. The second kappa shape index (κ2) is 10.3. The first kappa shape index (κ1) is 21.9. The summed E-state index contributed by atoms with van der Waals surface area (Å²) < 4.78 is 3.01. The Bertz CT molecular complexity index is 1140. The Labute approximate surface area is 195 Å². The molecule has 0 fully saturated rings. The van der Waals surface area contributed by atoms with Crippen LogP contribution >= 0.6 is 34.7 Å². The van der Waals surface area contributed by atoms with Gasteiger partial charge in [-0.3, -0.25) is 9.69 Å². The van der Waals surface area contributed by atoms with Gasteiger partial charge in [-0.25, -0.2) is 9.97 Å². The first-order valence-electron chi connectivity index (χ1n) is 10.1. The molecular weight excluding hydrogens is 448 g/mol. The molecule has 2 aromatic heterocycles. The minimum atomic E-state index is 0.0837. The molecule has 5 nitrogen and oxygen atoms in total. The predicted octanol–water partition coefficient (Wildman–Crippen LogP) is 6.06. The van der Waals surface area contributed by atoms with Crippen LogP contribution in [0.4, 0.5) is 5.13 Å². The van der Waals surface area contributed by atoms with Crippen LogP contribution in [0.5, 0.6) is 0 Å². The number of fused-ring (bicyclic) bond motifs is 1. The SMILES string of the molecule is Cc1ccc(SCCC(=O)N(CCCn2ccnc2)c2nc3c(Cl)cccc3s2)cc1. The lowest BCUT2D eigenvalue weighted by atomic mass is 10.2. The van der Waals surface area contributed by atoms with Gasteiger partial charge in [-0.15, -0.1) is 11.8 Å². The standard InChI is InChI=1S/C23H23ClN4OS2/c1-17-6-8-18(9-7-17)30-15-10-21(29)28(13-3-12-27-14-11-25-16-27)23-26-22-19(24)4-2-5-20(22)31-23/h2,4-9,11,14,16H,3,10,12-13,15H2,1H3. The molecule has 4 rings (SSSR count). The summed E-state index contributed by atoms with van der Waals surface area (Å²) in [5.74, 6) is 0.811. The number of hydrogen-bond donors (Lipinski definition) is 0. The van der Waals surface area contributed by atoms with Crippen molar-refractivity contribution >= 4 is 56.0 Å². The number of aryl methyl sites for hydroxylation is 2. The van der Waals surface area contributed by atoms with Crippen LogP contribution in [0.15, 0.2) is 66.1 Å². The number of imidazole rings is 1. The number of carbonyl (C=O) groups excluding carboxylic acids is 1. The molecular formula is C23H23ClN4OS2. The number of amides is 1. The molecule has 8 heteroatoms. The van der Waals surface area contributed by atoms with Gasteiger partial charge in [0.1, 0.15) is 5.52 Å². The van der Waals surface area contributed by atoms with Gasteiger partial charge in [0.15, 0.2) is 5.13 Å². The van der Waals surface area contributed by atoms with E-state index in [2.05, 4.69) is 36.2 Å². The molecule has 0 aliphatic carbocycles. The van der Waals surface area contributed by atoms with Gasteiger partial charge in [0, 0.05) is 42.6 Å². The highest BCUT2D eigenvalue weighted by Gasteiger charge is 2.20. The Hall–Kier alpha value is -2.35. The summed E-state index contributed by atoms with van der Waals surface area (Å²) in [5, 5.41) is 1.32. The lowest BCUT2D eigenvalue weighted by molar-refractivity contribution is -0.118. The number of halogens is 1. The monoisotopic (exact) mass is 470 g/mol. The molecule has 0 saturated carbocycles. The number of hydrogen-bond acceptors (Lipinski definition) is 5. The van der Waals surface area contributed by atoms with E-state index >= 15 is 0 Å². The molecule has 2 aromatic carbocycles. The van der Waals surface area contributed by atoms with Gasteiger partial charge in [-0.05, 0) is 37.6 Å². The molecule has 31 heavy (non-hydrogen) atoms. The van der Waals surface area contributed by atoms with E-state index in [1.54, 1.807) is 24.3 Å². The maximum absolute atomic E-state index is 13.2. The van der Waals surface area contributed by atoms with Crippen LogP contribution in [0.1, 0.15) is 18.4 Å². The number of anilines is 1. The van der Waals surface area contributed by atoms with E-state index in [9.17, 15) is 4.79 Å². The maximum atomic E-state index is 13.2. The van der Waals surface area contributed by atoms with Crippen molar-refractivity contribution in [3.8, 4) is 0 Å². The second-order valence-corrected chi connectivity index (χ2v) is 9.78. The first-order chi connectivity index (χ1) is 15.1. The van der Waals surface area contributed by atoms with Crippen LogP contribution in [0.3, 0.4) is 0 Å². The van der Waals surface area contributed by atoms with Gasteiger partial charge in [-0.2, -0.15) is 0 Å². The maximum Gasteiger partial charge on any atom is 0.229 e. The summed E-state index contributed by atoms with van der Waals surface area (Å²) in [7, 11) is 0. The molecule has 0 bridgehead atoms. The summed E-state index contributed by atoms with van der Waals surface area (Å²) in [6, 6.07) is 14.1. The first-order valence-corrected chi connectivity index (χ1v) is 12.3. The molecule has 0 aliphatic rings. The van der Waals surface area contributed by atoms with Gasteiger partial charge < -0.3 is 4.57 Å². The van der Waals surface area contributed by atoms with Crippen LogP contribution in [0.25, 0.3) is 10.2 Å². The number of nitrogens with zero attached hydrogens (tertiary/aromatic N) is 4. The van der Waals surface area contributed by atoms with Crippen molar-refractivity contribution in [2.75, 3.05) is 17.2 Å². The van der Waals surface area contributed by atoms with E-state index in [4.69, 9.17) is 16.6 Å². The molecule has 0 aliphatic heterocycles. The summed E-state index contributed by atoms with van der Waals surface area (Å²) in [6.45, 7) is 3.47. The summed E-state index contributed by atoms with van der Waals surface area (Å²) in [6.07, 6.45) is 6.76. The fourth-order valence-electron chi connectivity index (χ4n) is 3.20. The Balaban J connectivity index is 1.45. The molecule has 0 radical (unpaired) electrons. The summed E-state index contributed by atoms with van der Waals surface area (Å²) in [5.41, 5.74) is 1.99. The third-order valence-corrected chi connectivity index (χ3v) is 7.22. The van der Waals surface area contributed by atoms with Crippen molar-refractivity contribution in [1.29, 1.82) is 0 Å². The zero-order valence-corrected chi connectivity index (χ0v) is 19.6. The fraction of sp³-hybridized carbons (Fsp3) is 0.261. The minimum absolute atomic E-state index is 0.0837. The number of thiazole rings is 1. The van der Waals surface area contributed by atoms with Gasteiger partial charge >= 0.3 is 0 Å². The van der Waals surface area contributed by atoms with Crippen LogP contribution in [0, 0.1) is 6.92 Å². The largest absolute Gasteiger partial charge is 0.337 e. The van der Waals surface area contributed by atoms with E-state index in [1.807, 2.05) is 33.9 Å². The van der Waals surface area contributed by atoms with Gasteiger partial charge in [0.2, 0.25) is 5.91 Å². The van der Waals surface area contributed by atoms with Crippen LogP contribution in [-0.4, -0.2) is 32.7 Å². The summed E-state index contributed by atoms with van der Waals surface area (Å²) in [4.78, 5) is 24.9. The van der Waals surface area contributed by atoms with Crippen molar-refractivity contribution in [1.82, 2.24) is 14.5 Å². The number of rotatable bonds is 9. The van der Waals surface area contributed by atoms with Crippen molar-refractivity contribution in [2.45, 2.75) is 31.2 Å². The third kappa shape index (κ3) is 5.67. The van der Waals surface area contributed by atoms with Crippen LogP contribution < -0.4 is 4.90 Å². The quantitative estimate of drug-likeness (QED) is 0.279. The Morgan fingerprint density at radius 3 is 2.81 bits per heavy atom. The average Bonchev–Trinajstić information content (AvgIpc) is 3.43. The van der Waals surface area contributed by atoms with E-state index in [0.29, 0.717) is 23.1 Å². The van der Waals surface area contributed by atoms with Crippen LogP contribution in [-0.2, 0) is 11.3 Å². The molecule has 0 unspecified atom stereocenters. The smallest absolute Gasteiger partial charge is 0.229 e. The molecule has 0 N–H and O–H groups in total. The number of benzene rings is 2. The van der Waals surface area contributed by atoms with Crippen molar-refractivity contribution in [3.63, 3.8) is 0 Å². The highest BCUT2D eigenvalue weighted by molar-refractivity contribution is 7.99. The predicted molar refractivity (Wildman–Crippen MR) is 130 cm³/mol. The average molecular weight is 471 g/mol. The third-order valence-electron chi connectivity index (χ3n) is 4.85. The number of para-hydroxylation sites is 1. The fourth-order valence-corrected chi connectivity index (χ4v) is 5.35. The minimum Gasteiger partial charge on any atom is -0.337 e. The van der Waals surface area contributed by atoms with E-state index < -0.39 is 0 Å². The Morgan fingerprint density at radius 1 is 1.23 bits per heavy atom. The molecule has 0 spiro atoms. The van der Waals surface area contributed by atoms with E-state index in [1.165, 1.54) is 21.8 Å². The molecule has 0 atom stereocenters. The van der Waals surface area contributed by atoms with Gasteiger partial charge in [0.25, 0.3) is 0 Å². The van der Waals surface area contributed by atoms with Gasteiger partial charge in [-0.1, -0.05) is 46.7 Å². The lowest BCUT2D eigenvalue weighted by Crippen LogP contribution is -2.32. The zero-order valence-electron chi connectivity index (χ0n) is 17.2. The Morgan fingerprint density at radius 2 is 2.06 bits per heavy atom. The topological polar surface area (TPSA) is 51.0 Å². The normalized spacial score (nSPS) is 11.2. The summed E-state index contributed by atoms with van der Waals surface area (Å²) >= 11 is 9.53. The number of thioether (sulfide) groups is 1. The van der Waals surface area contributed by atoms with Gasteiger partial charge in [0.05, 0.1) is 16.0 Å². The van der Waals surface area contributed by atoms with E-state index in [0.717, 1.165) is 28.9 Å². The van der Waals surface area contributed by atoms with Crippen molar-refractivity contribution in [3.05, 3.63) is 71.8 Å². The molecule has 1 amide bonds.